The molecule has 2 N–H and O–H groups in total. The quantitative estimate of drug-likeness (QED) is 0.727. The molecule has 0 aliphatic heterocycles. The van der Waals surface area contributed by atoms with Crippen molar-refractivity contribution in [3.63, 3.8) is 0 Å². The Hall–Kier alpha value is -2.60. The first-order valence-electron chi connectivity index (χ1n) is 6.66. The number of alkyl halides is 2. The van der Waals surface area contributed by atoms with Gasteiger partial charge in [-0.15, -0.1) is 0 Å². The number of ether oxygens (including phenoxy) is 1. The van der Waals surface area contributed by atoms with Crippen LogP contribution in [0, 0.1) is 0 Å². The zero-order valence-electron chi connectivity index (χ0n) is 11.6. The summed E-state index contributed by atoms with van der Waals surface area (Å²) in [5, 5.41) is 3.88. The largest absolute Gasteiger partial charge is 0.433 e. The van der Waals surface area contributed by atoms with E-state index in [1.807, 2.05) is 0 Å². The van der Waals surface area contributed by atoms with E-state index in [-0.39, 0.29) is 17.1 Å². The Labute approximate surface area is 135 Å². The van der Waals surface area contributed by atoms with E-state index >= 15 is 0 Å². The number of aromatic amines is 1. The summed E-state index contributed by atoms with van der Waals surface area (Å²) in [6.45, 7) is -2.97. The predicted octanol–water partition coefficient (Wildman–Crippen LogP) is 4.68. The number of para-hydroxylation sites is 2. The number of nitrogens with one attached hydrogen (secondary N) is 2. The van der Waals surface area contributed by atoms with Gasteiger partial charge in [-0.2, -0.15) is 8.78 Å². The van der Waals surface area contributed by atoms with Crippen LogP contribution in [0.5, 0.6) is 5.75 Å². The Balaban J connectivity index is 1.86. The molecule has 0 spiro atoms. The van der Waals surface area contributed by atoms with E-state index in [9.17, 15) is 13.6 Å². The van der Waals surface area contributed by atoms with Crippen LogP contribution in [0.2, 0.25) is 5.02 Å². The van der Waals surface area contributed by atoms with E-state index in [1.165, 1.54) is 18.2 Å². The second kappa shape index (κ2) is 6.26. The highest BCUT2D eigenvalue weighted by Gasteiger charge is 2.14. The second-order valence-corrected chi connectivity index (χ2v) is 5.18. The third-order valence-electron chi connectivity index (χ3n) is 3.18. The van der Waals surface area contributed by atoms with Crippen LogP contribution in [0.25, 0.3) is 10.9 Å². The lowest BCUT2D eigenvalue weighted by Gasteiger charge is -2.10. The average molecular weight is 337 g/mol. The molecule has 0 saturated heterocycles. The highest BCUT2D eigenvalue weighted by atomic mass is 35.5. The molecule has 4 nitrogen and oxygen atoms in total. The minimum absolute atomic E-state index is 0.102. The first-order chi connectivity index (χ1) is 11.0. The number of hydrogen-bond donors (Lipinski definition) is 2. The summed E-state index contributed by atoms with van der Waals surface area (Å²) in [6, 6.07) is 12.8. The molecule has 2 aromatic carbocycles. The van der Waals surface area contributed by atoms with Gasteiger partial charge in [0.25, 0.3) is 5.91 Å². The standard InChI is InChI=1S/C16H11ClF2N2O2/c17-10-5-6-11-9(7-10)8-13(20-11)15(22)21-12-3-1-2-4-14(12)23-16(18)19/h1-8,16,20H,(H,21,22). The molecule has 0 bridgehead atoms. The zero-order valence-corrected chi connectivity index (χ0v) is 12.4. The lowest BCUT2D eigenvalue weighted by atomic mass is 10.2. The summed E-state index contributed by atoms with van der Waals surface area (Å²) in [4.78, 5) is 15.2. The Bertz CT molecular complexity index is 864. The molecule has 0 aliphatic carbocycles. The molecular weight excluding hydrogens is 326 g/mol. The Morgan fingerprint density at radius 1 is 1.17 bits per heavy atom. The number of benzene rings is 2. The minimum Gasteiger partial charge on any atom is -0.433 e. The minimum atomic E-state index is -2.97. The number of carbonyl (C=O) groups excluding carboxylic acids is 1. The Morgan fingerprint density at radius 2 is 1.96 bits per heavy atom. The second-order valence-electron chi connectivity index (χ2n) is 4.74. The van der Waals surface area contributed by atoms with Crippen LogP contribution in [-0.2, 0) is 0 Å². The molecule has 0 radical (unpaired) electrons. The van der Waals surface area contributed by atoms with Crippen molar-refractivity contribution in [3.05, 3.63) is 59.2 Å². The molecule has 1 amide bonds. The van der Waals surface area contributed by atoms with E-state index in [0.717, 1.165) is 10.9 Å². The maximum atomic E-state index is 12.4. The van der Waals surface area contributed by atoms with Crippen LogP contribution in [-0.4, -0.2) is 17.5 Å². The van der Waals surface area contributed by atoms with Crippen molar-refractivity contribution in [3.8, 4) is 5.75 Å². The summed E-state index contributed by atoms with van der Waals surface area (Å²) >= 11 is 5.90. The van der Waals surface area contributed by atoms with Crippen LogP contribution < -0.4 is 10.1 Å². The van der Waals surface area contributed by atoms with Crippen molar-refractivity contribution in [2.45, 2.75) is 6.61 Å². The van der Waals surface area contributed by atoms with Gasteiger partial charge in [0.1, 0.15) is 11.4 Å². The molecular formula is C16H11ClF2N2O2. The fourth-order valence-corrected chi connectivity index (χ4v) is 2.36. The van der Waals surface area contributed by atoms with E-state index in [4.69, 9.17) is 11.6 Å². The summed E-state index contributed by atoms with van der Waals surface area (Å²) in [5.41, 5.74) is 1.19. The van der Waals surface area contributed by atoms with Gasteiger partial charge in [0, 0.05) is 15.9 Å². The summed E-state index contributed by atoms with van der Waals surface area (Å²) in [7, 11) is 0. The summed E-state index contributed by atoms with van der Waals surface area (Å²) in [6.07, 6.45) is 0. The van der Waals surface area contributed by atoms with Gasteiger partial charge in [-0.25, -0.2) is 0 Å². The Morgan fingerprint density at radius 3 is 2.74 bits per heavy atom. The number of anilines is 1. The normalized spacial score (nSPS) is 11.0. The highest BCUT2D eigenvalue weighted by molar-refractivity contribution is 6.31. The monoisotopic (exact) mass is 336 g/mol. The number of hydrogen-bond acceptors (Lipinski definition) is 2. The Kier molecular flexibility index (Phi) is 4.16. The topological polar surface area (TPSA) is 54.1 Å². The molecule has 1 aromatic heterocycles. The van der Waals surface area contributed by atoms with Crippen molar-refractivity contribution < 1.29 is 18.3 Å². The van der Waals surface area contributed by atoms with Gasteiger partial charge in [0.15, 0.2) is 0 Å². The molecule has 118 valence electrons. The van der Waals surface area contributed by atoms with Gasteiger partial charge in [0.05, 0.1) is 5.69 Å². The van der Waals surface area contributed by atoms with Gasteiger partial charge in [0.2, 0.25) is 0 Å². The van der Waals surface area contributed by atoms with Crippen LogP contribution in [0.4, 0.5) is 14.5 Å². The third kappa shape index (κ3) is 3.43. The van der Waals surface area contributed by atoms with E-state index < -0.39 is 12.5 Å². The van der Waals surface area contributed by atoms with Crippen LogP contribution >= 0.6 is 11.6 Å². The number of halogens is 3. The molecule has 0 unspecified atom stereocenters. The summed E-state index contributed by atoms with van der Waals surface area (Å²) in [5.74, 6) is -0.572. The van der Waals surface area contributed by atoms with Crippen molar-refractivity contribution in [2.75, 3.05) is 5.32 Å². The van der Waals surface area contributed by atoms with E-state index in [0.29, 0.717) is 5.02 Å². The van der Waals surface area contributed by atoms with Gasteiger partial charge < -0.3 is 15.0 Å². The molecule has 3 rings (SSSR count). The van der Waals surface area contributed by atoms with Crippen molar-refractivity contribution in [1.29, 1.82) is 0 Å². The van der Waals surface area contributed by atoms with Crippen molar-refractivity contribution >= 4 is 34.1 Å². The summed E-state index contributed by atoms with van der Waals surface area (Å²) < 4.78 is 29.2. The number of aromatic nitrogens is 1. The third-order valence-corrected chi connectivity index (χ3v) is 3.41. The lowest BCUT2D eigenvalue weighted by molar-refractivity contribution is -0.0493. The van der Waals surface area contributed by atoms with Gasteiger partial charge in [-0.1, -0.05) is 23.7 Å². The van der Waals surface area contributed by atoms with Crippen molar-refractivity contribution in [2.24, 2.45) is 0 Å². The van der Waals surface area contributed by atoms with E-state index in [1.54, 1.807) is 30.3 Å². The smallest absolute Gasteiger partial charge is 0.387 e. The lowest BCUT2D eigenvalue weighted by Crippen LogP contribution is -2.14. The molecule has 1 heterocycles. The molecule has 0 saturated carbocycles. The van der Waals surface area contributed by atoms with E-state index in [2.05, 4.69) is 15.0 Å². The van der Waals surface area contributed by atoms with Crippen LogP contribution in [0.1, 0.15) is 10.5 Å². The predicted molar refractivity (Wildman–Crippen MR) is 84.3 cm³/mol. The molecule has 0 aliphatic rings. The van der Waals surface area contributed by atoms with Crippen molar-refractivity contribution in [1.82, 2.24) is 4.98 Å². The molecule has 23 heavy (non-hydrogen) atoms. The zero-order chi connectivity index (χ0) is 16.4. The average Bonchev–Trinajstić information content (AvgIpc) is 2.92. The van der Waals surface area contributed by atoms with Gasteiger partial charge in [-0.3, -0.25) is 4.79 Å². The maximum absolute atomic E-state index is 12.4. The van der Waals surface area contributed by atoms with Crippen LogP contribution in [0.3, 0.4) is 0 Å². The fraction of sp³-hybridized carbons (Fsp3) is 0.0625. The first kappa shape index (κ1) is 15.3. The fourth-order valence-electron chi connectivity index (χ4n) is 2.18. The number of carbonyl (C=O) groups is 1. The molecule has 7 heteroatoms. The molecule has 0 atom stereocenters. The number of amides is 1. The molecule has 3 aromatic rings. The SMILES string of the molecule is O=C(Nc1ccccc1OC(F)F)c1cc2cc(Cl)ccc2[nH]1. The number of fused-ring (bicyclic) bond motifs is 1. The maximum Gasteiger partial charge on any atom is 0.387 e. The molecule has 0 fully saturated rings. The number of rotatable bonds is 4. The van der Waals surface area contributed by atoms with Gasteiger partial charge in [-0.05, 0) is 36.4 Å². The highest BCUT2D eigenvalue weighted by Crippen LogP contribution is 2.26. The first-order valence-corrected chi connectivity index (χ1v) is 7.04. The van der Waals surface area contributed by atoms with Crippen LogP contribution in [0.15, 0.2) is 48.5 Å². The van der Waals surface area contributed by atoms with Gasteiger partial charge >= 0.3 is 6.61 Å². The number of H-pyrrole nitrogens is 1.